The molecule has 0 unspecified atom stereocenters. The van der Waals surface area contributed by atoms with Crippen molar-refractivity contribution in [2.45, 2.75) is 11.8 Å². The van der Waals surface area contributed by atoms with Gasteiger partial charge in [-0.15, -0.1) is 11.8 Å². The summed E-state index contributed by atoms with van der Waals surface area (Å²) < 4.78 is 0. The standard InChI is InChI=1S/C22H18Cl2N2O2S/c1-14-4-2-3-5-18(14)22(28)26-15-6-9-17(10-7-15)29-13-21(27)25-16-8-11-19(23)20(24)12-16/h2-12H,13H2,1H3,(H,25,27)(H,26,28). The van der Waals surface area contributed by atoms with Crippen LogP contribution in [0.1, 0.15) is 15.9 Å². The molecule has 29 heavy (non-hydrogen) atoms. The Hall–Kier alpha value is -2.47. The van der Waals surface area contributed by atoms with Gasteiger partial charge in [-0.25, -0.2) is 0 Å². The van der Waals surface area contributed by atoms with Crippen molar-refractivity contribution in [2.75, 3.05) is 16.4 Å². The molecule has 0 heterocycles. The quantitative estimate of drug-likeness (QED) is 0.439. The lowest BCUT2D eigenvalue weighted by atomic mass is 10.1. The van der Waals surface area contributed by atoms with E-state index in [1.807, 2.05) is 49.4 Å². The molecule has 2 amide bonds. The Bertz CT molecular complexity index is 1040. The third kappa shape index (κ3) is 6.00. The van der Waals surface area contributed by atoms with Crippen molar-refractivity contribution in [3.8, 4) is 0 Å². The lowest BCUT2D eigenvalue weighted by Crippen LogP contribution is -2.14. The minimum Gasteiger partial charge on any atom is -0.325 e. The molecule has 0 bridgehead atoms. The van der Waals surface area contributed by atoms with Gasteiger partial charge in [-0.2, -0.15) is 0 Å². The highest BCUT2D eigenvalue weighted by Gasteiger charge is 2.09. The third-order valence-electron chi connectivity index (χ3n) is 4.08. The number of thioether (sulfide) groups is 1. The molecule has 0 fully saturated rings. The summed E-state index contributed by atoms with van der Waals surface area (Å²) in [6.07, 6.45) is 0. The molecule has 0 atom stereocenters. The molecule has 0 aliphatic carbocycles. The molecular formula is C22H18Cl2N2O2S. The summed E-state index contributed by atoms with van der Waals surface area (Å²) in [6.45, 7) is 1.90. The zero-order valence-electron chi connectivity index (χ0n) is 15.5. The number of halogens is 2. The van der Waals surface area contributed by atoms with Gasteiger partial charge >= 0.3 is 0 Å². The van der Waals surface area contributed by atoms with Gasteiger partial charge in [-0.1, -0.05) is 41.4 Å². The Morgan fingerprint density at radius 1 is 0.862 bits per heavy atom. The summed E-state index contributed by atoms with van der Waals surface area (Å²) in [5.41, 5.74) is 2.86. The van der Waals surface area contributed by atoms with Gasteiger partial charge in [0.05, 0.1) is 15.8 Å². The first kappa shape index (κ1) is 21.2. The smallest absolute Gasteiger partial charge is 0.255 e. The van der Waals surface area contributed by atoms with Gasteiger partial charge < -0.3 is 10.6 Å². The van der Waals surface area contributed by atoms with Crippen molar-refractivity contribution in [1.29, 1.82) is 0 Å². The van der Waals surface area contributed by atoms with E-state index < -0.39 is 0 Å². The zero-order valence-corrected chi connectivity index (χ0v) is 17.9. The van der Waals surface area contributed by atoms with Crippen LogP contribution in [0.4, 0.5) is 11.4 Å². The first-order valence-corrected chi connectivity index (χ1v) is 10.5. The molecular weight excluding hydrogens is 427 g/mol. The van der Waals surface area contributed by atoms with Crippen molar-refractivity contribution in [1.82, 2.24) is 0 Å². The Morgan fingerprint density at radius 2 is 1.55 bits per heavy atom. The van der Waals surface area contributed by atoms with Crippen LogP contribution in [-0.2, 0) is 4.79 Å². The van der Waals surface area contributed by atoms with Crippen molar-refractivity contribution >= 4 is 58.2 Å². The Labute approximate surface area is 183 Å². The maximum absolute atomic E-state index is 12.4. The highest BCUT2D eigenvalue weighted by molar-refractivity contribution is 8.00. The Balaban J connectivity index is 1.52. The zero-order chi connectivity index (χ0) is 20.8. The average Bonchev–Trinajstić information content (AvgIpc) is 2.70. The van der Waals surface area contributed by atoms with Crippen LogP contribution in [-0.4, -0.2) is 17.6 Å². The van der Waals surface area contributed by atoms with E-state index in [2.05, 4.69) is 10.6 Å². The van der Waals surface area contributed by atoms with Crippen molar-refractivity contribution in [2.24, 2.45) is 0 Å². The number of hydrogen-bond acceptors (Lipinski definition) is 3. The number of aryl methyl sites for hydroxylation is 1. The highest BCUT2D eigenvalue weighted by Crippen LogP contribution is 2.26. The maximum atomic E-state index is 12.4. The number of carbonyl (C=O) groups excluding carboxylic acids is 2. The fourth-order valence-electron chi connectivity index (χ4n) is 2.58. The summed E-state index contributed by atoms with van der Waals surface area (Å²) in [5.74, 6) is -0.0513. The summed E-state index contributed by atoms with van der Waals surface area (Å²) in [4.78, 5) is 25.4. The number of anilines is 2. The normalized spacial score (nSPS) is 10.4. The topological polar surface area (TPSA) is 58.2 Å². The second kappa shape index (κ2) is 9.83. The molecule has 3 rings (SSSR count). The van der Waals surface area contributed by atoms with Gasteiger partial charge in [-0.3, -0.25) is 9.59 Å². The molecule has 0 spiro atoms. The number of rotatable bonds is 6. The van der Waals surface area contributed by atoms with E-state index in [4.69, 9.17) is 23.2 Å². The molecule has 0 aliphatic heterocycles. The van der Waals surface area contributed by atoms with Crippen molar-refractivity contribution < 1.29 is 9.59 Å². The molecule has 0 aromatic heterocycles. The van der Waals surface area contributed by atoms with Crippen LogP contribution in [0.2, 0.25) is 10.0 Å². The van der Waals surface area contributed by atoms with E-state index in [1.165, 1.54) is 11.8 Å². The molecule has 0 saturated carbocycles. The van der Waals surface area contributed by atoms with Crippen LogP contribution < -0.4 is 10.6 Å². The lowest BCUT2D eigenvalue weighted by molar-refractivity contribution is -0.113. The van der Waals surface area contributed by atoms with E-state index in [0.717, 1.165) is 10.5 Å². The molecule has 0 aliphatic rings. The fraction of sp³-hybridized carbons (Fsp3) is 0.0909. The van der Waals surface area contributed by atoms with Crippen LogP contribution in [0.3, 0.4) is 0 Å². The van der Waals surface area contributed by atoms with Crippen LogP contribution in [0.25, 0.3) is 0 Å². The van der Waals surface area contributed by atoms with Crippen LogP contribution in [0, 0.1) is 6.92 Å². The minimum absolute atomic E-state index is 0.148. The molecule has 4 nitrogen and oxygen atoms in total. The van der Waals surface area contributed by atoms with E-state index in [-0.39, 0.29) is 17.6 Å². The second-order valence-electron chi connectivity index (χ2n) is 6.26. The van der Waals surface area contributed by atoms with Crippen LogP contribution in [0.5, 0.6) is 0 Å². The molecule has 148 valence electrons. The molecule has 0 radical (unpaired) electrons. The molecule has 3 aromatic carbocycles. The lowest BCUT2D eigenvalue weighted by Gasteiger charge is -2.09. The average molecular weight is 445 g/mol. The van der Waals surface area contributed by atoms with Gasteiger partial charge in [0.15, 0.2) is 0 Å². The largest absolute Gasteiger partial charge is 0.325 e. The predicted octanol–water partition coefficient (Wildman–Crippen LogP) is 6.28. The summed E-state index contributed by atoms with van der Waals surface area (Å²) in [5, 5.41) is 6.49. The fourth-order valence-corrected chi connectivity index (χ4v) is 3.58. The highest BCUT2D eigenvalue weighted by atomic mass is 35.5. The number of benzene rings is 3. The van der Waals surface area contributed by atoms with E-state index in [9.17, 15) is 9.59 Å². The third-order valence-corrected chi connectivity index (χ3v) is 5.83. The van der Waals surface area contributed by atoms with E-state index in [1.54, 1.807) is 24.3 Å². The maximum Gasteiger partial charge on any atom is 0.255 e. The first-order valence-electron chi connectivity index (χ1n) is 8.77. The number of nitrogens with one attached hydrogen (secondary N) is 2. The summed E-state index contributed by atoms with van der Waals surface area (Å²) in [6, 6.07) is 19.7. The number of amides is 2. The van der Waals surface area contributed by atoms with Crippen LogP contribution in [0.15, 0.2) is 71.6 Å². The number of carbonyl (C=O) groups is 2. The van der Waals surface area contributed by atoms with Gasteiger partial charge in [-0.05, 0) is 61.0 Å². The van der Waals surface area contributed by atoms with E-state index >= 15 is 0 Å². The van der Waals surface area contributed by atoms with E-state index in [0.29, 0.717) is 27.0 Å². The minimum atomic E-state index is -0.149. The van der Waals surface area contributed by atoms with Gasteiger partial charge in [0.1, 0.15) is 0 Å². The van der Waals surface area contributed by atoms with Crippen LogP contribution >= 0.6 is 35.0 Å². The Kier molecular flexibility index (Phi) is 7.20. The van der Waals surface area contributed by atoms with Gasteiger partial charge in [0, 0.05) is 21.8 Å². The van der Waals surface area contributed by atoms with Crippen molar-refractivity contribution in [3.05, 3.63) is 87.9 Å². The summed E-state index contributed by atoms with van der Waals surface area (Å²) in [7, 11) is 0. The molecule has 0 saturated heterocycles. The molecule has 7 heteroatoms. The Morgan fingerprint density at radius 3 is 2.24 bits per heavy atom. The molecule has 3 aromatic rings. The van der Waals surface area contributed by atoms with Gasteiger partial charge in [0.2, 0.25) is 5.91 Å². The molecule has 2 N–H and O–H groups in total. The second-order valence-corrected chi connectivity index (χ2v) is 8.12. The van der Waals surface area contributed by atoms with Crippen molar-refractivity contribution in [3.63, 3.8) is 0 Å². The monoisotopic (exact) mass is 444 g/mol. The SMILES string of the molecule is Cc1ccccc1C(=O)Nc1ccc(SCC(=O)Nc2ccc(Cl)c(Cl)c2)cc1. The predicted molar refractivity (Wildman–Crippen MR) is 121 cm³/mol. The number of hydrogen-bond donors (Lipinski definition) is 2. The first-order chi connectivity index (χ1) is 13.9. The van der Waals surface area contributed by atoms with Gasteiger partial charge in [0.25, 0.3) is 5.91 Å². The summed E-state index contributed by atoms with van der Waals surface area (Å²) >= 11 is 13.2.